The predicted molar refractivity (Wildman–Crippen MR) is 82.0 cm³/mol. The molecule has 0 saturated heterocycles. The molecule has 0 bridgehead atoms. The third kappa shape index (κ3) is 2.70. The van der Waals surface area contributed by atoms with E-state index in [1.54, 1.807) is 0 Å². The van der Waals surface area contributed by atoms with E-state index in [4.69, 9.17) is 33.7 Å². The van der Waals surface area contributed by atoms with Crippen molar-refractivity contribution in [1.29, 1.82) is 0 Å². The molecule has 2 aromatic rings. The first-order chi connectivity index (χ1) is 9.65. The summed E-state index contributed by atoms with van der Waals surface area (Å²) in [5.41, 5.74) is 10.8. The van der Waals surface area contributed by atoms with Crippen molar-refractivity contribution in [2.45, 2.75) is 25.7 Å². The molecule has 20 heavy (non-hydrogen) atoms. The summed E-state index contributed by atoms with van der Waals surface area (Å²) < 4.78 is 5.42. The van der Waals surface area contributed by atoms with Crippen LogP contribution in [0.4, 0.5) is 0 Å². The SMILES string of the molecule is NC(Cc1c(Cl)cccc1Cl)c1ccc2c(c1)COC2. The first kappa shape index (κ1) is 13.9. The molecule has 3 rings (SSSR count). The summed E-state index contributed by atoms with van der Waals surface area (Å²) in [6, 6.07) is 11.7. The molecule has 0 fully saturated rings. The van der Waals surface area contributed by atoms with E-state index < -0.39 is 0 Å². The van der Waals surface area contributed by atoms with Crippen molar-refractivity contribution in [3.63, 3.8) is 0 Å². The minimum atomic E-state index is -0.127. The van der Waals surface area contributed by atoms with E-state index >= 15 is 0 Å². The van der Waals surface area contributed by atoms with E-state index in [1.165, 1.54) is 11.1 Å². The van der Waals surface area contributed by atoms with E-state index in [2.05, 4.69) is 18.2 Å². The van der Waals surface area contributed by atoms with E-state index in [0.29, 0.717) is 29.7 Å². The zero-order valence-corrected chi connectivity index (χ0v) is 12.4. The van der Waals surface area contributed by atoms with Gasteiger partial charge in [-0.15, -0.1) is 0 Å². The largest absolute Gasteiger partial charge is 0.372 e. The third-order valence-electron chi connectivity index (χ3n) is 3.66. The Hall–Kier alpha value is -1.06. The minimum Gasteiger partial charge on any atom is -0.372 e. The van der Waals surface area contributed by atoms with Crippen LogP contribution in [0.25, 0.3) is 0 Å². The Bertz CT molecular complexity index is 622. The third-order valence-corrected chi connectivity index (χ3v) is 4.37. The zero-order chi connectivity index (χ0) is 14.1. The molecule has 2 nitrogen and oxygen atoms in total. The molecule has 104 valence electrons. The standard InChI is InChI=1S/C16H15Cl2NO/c17-14-2-1-3-15(18)13(14)7-16(19)10-4-5-11-8-20-9-12(11)6-10/h1-6,16H,7-9,19H2. The highest BCUT2D eigenvalue weighted by Crippen LogP contribution is 2.30. The van der Waals surface area contributed by atoms with Crippen molar-refractivity contribution in [2.75, 3.05) is 0 Å². The van der Waals surface area contributed by atoms with Crippen molar-refractivity contribution in [1.82, 2.24) is 0 Å². The van der Waals surface area contributed by atoms with Gasteiger partial charge >= 0.3 is 0 Å². The van der Waals surface area contributed by atoms with Gasteiger partial charge in [-0.2, -0.15) is 0 Å². The maximum atomic E-state index is 6.30. The molecular formula is C16H15Cl2NO. The quantitative estimate of drug-likeness (QED) is 0.919. The highest BCUT2D eigenvalue weighted by Gasteiger charge is 2.16. The van der Waals surface area contributed by atoms with Crippen LogP contribution in [0.3, 0.4) is 0 Å². The molecule has 1 unspecified atom stereocenters. The van der Waals surface area contributed by atoms with Crippen LogP contribution in [0.2, 0.25) is 10.0 Å². The van der Waals surface area contributed by atoms with Crippen LogP contribution in [-0.4, -0.2) is 0 Å². The fourth-order valence-corrected chi connectivity index (χ4v) is 3.04. The second-order valence-electron chi connectivity index (χ2n) is 5.03. The first-order valence-corrected chi connectivity index (χ1v) is 7.28. The van der Waals surface area contributed by atoms with Crippen LogP contribution in [0, 0.1) is 0 Å². The smallest absolute Gasteiger partial charge is 0.0725 e. The molecule has 2 N–H and O–H groups in total. The Labute approximate surface area is 128 Å². The molecule has 4 heteroatoms. The summed E-state index contributed by atoms with van der Waals surface area (Å²) in [6.07, 6.45) is 0.623. The van der Waals surface area contributed by atoms with Gasteiger partial charge in [0.25, 0.3) is 0 Å². The van der Waals surface area contributed by atoms with Gasteiger partial charge in [-0.05, 0) is 40.8 Å². The predicted octanol–water partition coefficient (Wildman–Crippen LogP) is 4.27. The highest BCUT2D eigenvalue weighted by atomic mass is 35.5. The molecule has 0 saturated carbocycles. The second-order valence-corrected chi connectivity index (χ2v) is 5.85. The van der Waals surface area contributed by atoms with Crippen LogP contribution in [-0.2, 0) is 24.4 Å². The number of fused-ring (bicyclic) bond motifs is 1. The van der Waals surface area contributed by atoms with Crippen LogP contribution in [0.1, 0.15) is 28.3 Å². The molecule has 0 aliphatic carbocycles. The number of halogens is 2. The summed E-state index contributed by atoms with van der Waals surface area (Å²) in [5, 5.41) is 1.33. The average Bonchev–Trinajstić information content (AvgIpc) is 2.90. The fraction of sp³-hybridized carbons (Fsp3) is 0.250. The summed E-state index contributed by atoms with van der Waals surface area (Å²) in [5.74, 6) is 0. The Morgan fingerprint density at radius 3 is 2.50 bits per heavy atom. The lowest BCUT2D eigenvalue weighted by atomic mass is 9.96. The lowest BCUT2D eigenvalue weighted by molar-refractivity contribution is 0.134. The van der Waals surface area contributed by atoms with Gasteiger partial charge in [0.15, 0.2) is 0 Å². The van der Waals surface area contributed by atoms with Crippen molar-refractivity contribution in [3.05, 3.63) is 68.7 Å². The second kappa shape index (κ2) is 5.74. The van der Waals surface area contributed by atoms with Crippen molar-refractivity contribution >= 4 is 23.2 Å². The normalized spacial score (nSPS) is 15.2. The van der Waals surface area contributed by atoms with Crippen molar-refractivity contribution < 1.29 is 4.74 Å². The number of ether oxygens (including phenoxy) is 1. The van der Waals surface area contributed by atoms with Crippen LogP contribution in [0.15, 0.2) is 36.4 Å². The Morgan fingerprint density at radius 2 is 1.75 bits per heavy atom. The topological polar surface area (TPSA) is 35.2 Å². The summed E-state index contributed by atoms with van der Waals surface area (Å²) in [6.45, 7) is 1.37. The van der Waals surface area contributed by atoms with Gasteiger partial charge in [-0.3, -0.25) is 0 Å². The van der Waals surface area contributed by atoms with Crippen LogP contribution in [0.5, 0.6) is 0 Å². The van der Waals surface area contributed by atoms with Gasteiger partial charge in [0.2, 0.25) is 0 Å². The summed E-state index contributed by atoms with van der Waals surface area (Å²) >= 11 is 12.4. The molecule has 0 aromatic heterocycles. The maximum Gasteiger partial charge on any atom is 0.0725 e. The molecule has 0 spiro atoms. The molecular weight excluding hydrogens is 293 g/mol. The van der Waals surface area contributed by atoms with Crippen molar-refractivity contribution in [2.24, 2.45) is 5.73 Å². The molecule has 1 aliphatic heterocycles. The van der Waals surface area contributed by atoms with Gasteiger partial charge in [0.05, 0.1) is 13.2 Å². The molecule has 2 aromatic carbocycles. The highest BCUT2D eigenvalue weighted by molar-refractivity contribution is 6.36. The van der Waals surface area contributed by atoms with E-state index in [-0.39, 0.29) is 6.04 Å². The van der Waals surface area contributed by atoms with E-state index in [0.717, 1.165) is 11.1 Å². The Morgan fingerprint density at radius 1 is 1.05 bits per heavy atom. The zero-order valence-electron chi connectivity index (χ0n) is 10.9. The summed E-state index contributed by atoms with van der Waals surface area (Å²) in [7, 11) is 0. The van der Waals surface area contributed by atoms with Gasteiger partial charge in [-0.25, -0.2) is 0 Å². The van der Waals surface area contributed by atoms with Gasteiger partial charge < -0.3 is 10.5 Å². The number of nitrogens with two attached hydrogens (primary N) is 1. The van der Waals surface area contributed by atoms with Gasteiger partial charge in [0, 0.05) is 16.1 Å². The molecule has 1 heterocycles. The van der Waals surface area contributed by atoms with Gasteiger partial charge in [-0.1, -0.05) is 47.5 Å². The maximum absolute atomic E-state index is 6.30. The molecule has 1 aliphatic rings. The molecule has 0 amide bonds. The lowest BCUT2D eigenvalue weighted by Gasteiger charge is -2.15. The monoisotopic (exact) mass is 307 g/mol. The van der Waals surface area contributed by atoms with E-state index in [9.17, 15) is 0 Å². The minimum absolute atomic E-state index is 0.127. The summed E-state index contributed by atoms with van der Waals surface area (Å²) in [4.78, 5) is 0. The number of benzene rings is 2. The number of hydrogen-bond acceptors (Lipinski definition) is 2. The fourth-order valence-electron chi connectivity index (χ4n) is 2.49. The molecule has 0 radical (unpaired) electrons. The first-order valence-electron chi connectivity index (χ1n) is 6.53. The molecule has 1 atom stereocenters. The average molecular weight is 308 g/mol. The van der Waals surface area contributed by atoms with Crippen LogP contribution < -0.4 is 5.73 Å². The van der Waals surface area contributed by atoms with E-state index in [1.807, 2.05) is 18.2 Å². The van der Waals surface area contributed by atoms with Crippen molar-refractivity contribution in [3.8, 4) is 0 Å². The Kier molecular flexibility index (Phi) is 3.99. The van der Waals surface area contributed by atoms with Crippen LogP contribution >= 0.6 is 23.2 Å². The number of hydrogen-bond donors (Lipinski definition) is 1. The van der Waals surface area contributed by atoms with Gasteiger partial charge in [0.1, 0.15) is 0 Å². The number of rotatable bonds is 3. The lowest BCUT2D eigenvalue weighted by Crippen LogP contribution is -2.14. The Balaban J connectivity index is 1.84.